The van der Waals surface area contributed by atoms with Crippen LogP contribution in [0, 0.1) is 21.0 Å². The number of piperidine rings is 1. The van der Waals surface area contributed by atoms with Crippen LogP contribution in [-0.4, -0.2) is 32.0 Å². The van der Waals surface area contributed by atoms with Crippen molar-refractivity contribution in [2.45, 2.75) is 45.3 Å². The first-order valence-electron chi connectivity index (χ1n) is 8.40. The highest BCUT2D eigenvalue weighted by Crippen LogP contribution is 2.24. The summed E-state index contributed by atoms with van der Waals surface area (Å²) in [6.07, 6.45) is 4.43. The van der Waals surface area contributed by atoms with Crippen LogP contribution in [0.15, 0.2) is 24.3 Å². The van der Waals surface area contributed by atoms with E-state index in [4.69, 9.17) is 0 Å². The predicted octanol–water partition coefficient (Wildman–Crippen LogP) is 4.80. The Balaban J connectivity index is 1.81. The molecule has 1 aliphatic rings. The van der Waals surface area contributed by atoms with Gasteiger partial charge in [-0.2, -0.15) is 0 Å². The van der Waals surface area contributed by atoms with E-state index in [0.29, 0.717) is 0 Å². The van der Waals surface area contributed by atoms with Gasteiger partial charge in [-0.1, -0.05) is 31.8 Å². The molecule has 0 spiro atoms. The Kier molecular flexibility index (Phi) is 6.72. The van der Waals surface area contributed by atoms with Crippen molar-refractivity contribution in [2.75, 3.05) is 13.1 Å². The van der Waals surface area contributed by atoms with Gasteiger partial charge in [0, 0.05) is 23.1 Å². The third-order valence-corrected chi connectivity index (χ3v) is 6.01. The fourth-order valence-electron chi connectivity index (χ4n) is 2.83. The first-order chi connectivity index (χ1) is 10.9. The standard InChI is InChI=1S/C19H26INOSi/c1-23(2,3)15-7-6-8-16-11-13-21(14-12-16)19(22)17-9-4-5-10-18(17)20/h4-5,9-10,16H,6,8,11-14H2,1-3H3. The lowest BCUT2D eigenvalue weighted by atomic mass is 9.92. The molecule has 1 fully saturated rings. The molecule has 2 nitrogen and oxygen atoms in total. The predicted molar refractivity (Wildman–Crippen MR) is 108 cm³/mol. The minimum absolute atomic E-state index is 0.187. The lowest BCUT2D eigenvalue weighted by molar-refractivity contribution is 0.0686. The molecule has 0 atom stereocenters. The molecule has 1 aromatic carbocycles. The second kappa shape index (κ2) is 8.34. The number of hydrogen-bond donors (Lipinski definition) is 0. The zero-order valence-corrected chi connectivity index (χ0v) is 17.5. The van der Waals surface area contributed by atoms with Crippen LogP contribution in [-0.2, 0) is 0 Å². The third kappa shape index (κ3) is 5.96. The summed E-state index contributed by atoms with van der Waals surface area (Å²) in [5.41, 5.74) is 4.28. The van der Waals surface area contributed by atoms with E-state index in [1.807, 2.05) is 29.2 Å². The van der Waals surface area contributed by atoms with Gasteiger partial charge in [0.2, 0.25) is 0 Å². The maximum absolute atomic E-state index is 12.6. The summed E-state index contributed by atoms with van der Waals surface area (Å²) >= 11 is 2.25. The molecule has 0 unspecified atom stereocenters. The van der Waals surface area contributed by atoms with E-state index in [2.05, 4.69) is 53.7 Å². The molecule has 4 heteroatoms. The van der Waals surface area contributed by atoms with E-state index < -0.39 is 8.07 Å². The summed E-state index contributed by atoms with van der Waals surface area (Å²) in [5.74, 6) is 4.28. The summed E-state index contributed by atoms with van der Waals surface area (Å²) in [6, 6.07) is 7.85. The topological polar surface area (TPSA) is 20.3 Å². The van der Waals surface area contributed by atoms with E-state index in [0.717, 1.165) is 47.4 Å². The van der Waals surface area contributed by atoms with Crippen LogP contribution in [0.4, 0.5) is 0 Å². The van der Waals surface area contributed by atoms with Gasteiger partial charge in [-0.05, 0) is 59.9 Å². The Morgan fingerprint density at radius 1 is 1.26 bits per heavy atom. The highest BCUT2D eigenvalue weighted by atomic mass is 127. The van der Waals surface area contributed by atoms with Crippen molar-refractivity contribution in [2.24, 2.45) is 5.92 Å². The number of amides is 1. The quantitative estimate of drug-likeness (QED) is 0.376. The molecule has 23 heavy (non-hydrogen) atoms. The van der Waals surface area contributed by atoms with Crippen LogP contribution in [0.5, 0.6) is 0 Å². The van der Waals surface area contributed by atoms with E-state index in [1.54, 1.807) is 0 Å². The zero-order chi connectivity index (χ0) is 16.9. The number of carbonyl (C=O) groups is 1. The average molecular weight is 439 g/mol. The number of hydrogen-bond acceptors (Lipinski definition) is 1. The number of benzene rings is 1. The zero-order valence-electron chi connectivity index (χ0n) is 14.4. The number of nitrogens with zero attached hydrogens (tertiary/aromatic N) is 1. The molecule has 1 heterocycles. The van der Waals surface area contributed by atoms with Crippen molar-refractivity contribution in [1.29, 1.82) is 0 Å². The molecule has 0 saturated carbocycles. The summed E-state index contributed by atoms with van der Waals surface area (Å²) in [4.78, 5) is 14.6. The Morgan fingerprint density at radius 3 is 2.52 bits per heavy atom. The van der Waals surface area contributed by atoms with Gasteiger partial charge in [-0.15, -0.1) is 11.5 Å². The third-order valence-electron chi connectivity index (χ3n) is 4.15. The monoisotopic (exact) mass is 439 g/mol. The molecule has 1 amide bonds. The van der Waals surface area contributed by atoms with Crippen molar-refractivity contribution < 1.29 is 4.79 Å². The SMILES string of the molecule is C[Si](C)(C)C#CCCC1CCN(C(=O)c2ccccc2I)CC1. The van der Waals surface area contributed by atoms with Crippen LogP contribution >= 0.6 is 22.6 Å². The van der Waals surface area contributed by atoms with Crippen LogP contribution in [0.25, 0.3) is 0 Å². The van der Waals surface area contributed by atoms with Gasteiger partial charge in [0.25, 0.3) is 5.91 Å². The Bertz CT molecular complexity index is 604. The summed E-state index contributed by atoms with van der Waals surface area (Å²) in [6.45, 7) is 8.63. The van der Waals surface area contributed by atoms with Gasteiger partial charge in [0.15, 0.2) is 0 Å². The maximum Gasteiger partial charge on any atom is 0.254 e. The molecule has 0 N–H and O–H groups in total. The largest absolute Gasteiger partial charge is 0.339 e. The van der Waals surface area contributed by atoms with Crippen LogP contribution in [0.1, 0.15) is 36.0 Å². The fourth-order valence-corrected chi connectivity index (χ4v) is 4.11. The number of halogens is 1. The molecule has 0 aliphatic carbocycles. The van der Waals surface area contributed by atoms with Crippen LogP contribution in [0.3, 0.4) is 0 Å². The van der Waals surface area contributed by atoms with Gasteiger partial charge in [0.05, 0.1) is 5.56 Å². The number of rotatable bonds is 3. The normalized spacial score (nSPS) is 15.9. The van der Waals surface area contributed by atoms with Crippen molar-refractivity contribution in [3.8, 4) is 11.5 Å². The Morgan fingerprint density at radius 2 is 1.91 bits per heavy atom. The molecule has 0 radical (unpaired) electrons. The highest BCUT2D eigenvalue weighted by molar-refractivity contribution is 14.1. The lowest BCUT2D eigenvalue weighted by Crippen LogP contribution is -2.38. The minimum Gasteiger partial charge on any atom is -0.339 e. The van der Waals surface area contributed by atoms with Gasteiger partial charge < -0.3 is 4.90 Å². The van der Waals surface area contributed by atoms with Crippen molar-refractivity contribution in [3.05, 3.63) is 33.4 Å². The summed E-state index contributed by atoms with van der Waals surface area (Å²) in [5, 5.41) is 0. The van der Waals surface area contributed by atoms with Crippen molar-refractivity contribution in [3.63, 3.8) is 0 Å². The minimum atomic E-state index is -1.23. The summed E-state index contributed by atoms with van der Waals surface area (Å²) < 4.78 is 1.04. The van der Waals surface area contributed by atoms with E-state index in [9.17, 15) is 4.79 Å². The molecule has 2 rings (SSSR count). The average Bonchev–Trinajstić information content (AvgIpc) is 2.51. The van der Waals surface area contributed by atoms with E-state index >= 15 is 0 Å². The van der Waals surface area contributed by atoms with Crippen LogP contribution < -0.4 is 0 Å². The fraction of sp³-hybridized carbons (Fsp3) is 0.526. The number of carbonyl (C=O) groups excluding carboxylic acids is 1. The molecular weight excluding hydrogens is 413 g/mol. The molecule has 0 aromatic heterocycles. The van der Waals surface area contributed by atoms with E-state index in [1.165, 1.54) is 6.42 Å². The Hall–Kier alpha value is -0.803. The van der Waals surface area contributed by atoms with Gasteiger partial charge in [-0.3, -0.25) is 4.79 Å². The molecule has 124 valence electrons. The lowest BCUT2D eigenvalue weighted by Gasteiger charge is -2.32. The first kappa shape index (κ1) is 18.5. The maximum atomic E-state index is 12.6. The highest BCUT2D eigenvalue weighted by Gasteiger charge is 2.24. The second-order valence-corrected chi connectivity index (χ2v) is 13.2. The second-order valence-electron chi connectivity index (χ2n) is 7.31. The number of likely N-dealkylation sites (tertiary alicyclic amines) is 1. The smallest absolute Gasteiger partial charge is 0.254 e. The van der Waals surface area contributed by atoms with E-state index in [-0.39, 0.29) is 5.91 Å². The summed E-state index contributed by atoms with van der Waals surface area (Å²) in [7, 11) is -1.23. The first-order valence-corrected chi connectivity index (χ1v) is 13.0. The van der Waals surface area contributed by atoms with Crippen molar-refractivity contribution in [1.82, 2.24) is 4.90 Å². The van der Waals surface area contributed by atoms with Crippen LogP contribution in [0.2, 0.25) is 19.6 Å². The Labute approximate surface area is 155 Å². The van der Waals surface area contributed by atoms with Gasteiger partial charge >= 0.3 is 0 Å². The van der Waals surface area contributed by atoms with Crippen molar-refractivity contribution >= 4 is 36.6 Å². The molecule has 1 aliphatic heterocycles. The molecule has 0 bridgehead atoms. The molecule has 1 aromatic rings. The van der Waals surface area contributed by atoms with Gasteiger partial charge in [0.1, 0.15) is 8.07 Å². The molecular formula is C19H26INOSi. The molecule has 1 saturated heterocycles. The van der Waals surface area contributed by atoms with Gasteiger partial charge in [-0.25, -0.2) is 0 Å².